The Morgan fingerprint density at radius 2 is 1.93 bits per heavy atom. The van der Waals surface area contributed by atoms with E-state index in [9.17, 15) is 14.4 Å². The number of hydrogen-bond acceptors (Lipinski definition) is 4. The third-order valence-electron chi connectivity index (χ3n) is 5.99. The van der Waals surface area contributed by atoms with Gasteiger partial charge in [-0.05, 0) is 43.0 Å². The van der Waals surface area contributed by atoms with Crippen molar-refractivity contribution in [1.82, 2.24) is 15.1 Å². The molecule has 0 aliphatic carbocycles. The molecule has 1 unspecified atom stereocenters. The molecule has 0 aromatic heterocycles. The number of imide groups is 1. The third-order valence-corrected chi connectivity index (χ3v) is 5.99. The van der Waals surface area contributed by atoms with Crippen molar-refractivity contribution in [2.45, 2.75) is 71.6 Å². The van der Waals surface area contributed by atoms with Crippen LogP contribution in [0.4, 0.5) is 4.39 Å². The molecule has 1 aromatic rings. The van der Waals surface area contributed by atoms with E-state index in [2.05, 4.69) is 17.1 Å². The fourth-order valence-electron chi connectivity index (χ4n) is 4.24. The number of piperidine rings is 1. The lowest BCUT2D eigenvalue weighted by atomic mass is 9.85. The Balaban J connectivity index is 0.00000155. The first-order valence-electron chi connectivity index (χ1n) is 11.0. The molecule has 0 radical (unpaired) electrons. The Morgan fingerprint density at radius 3 is 2.50 bits per heavy atom. The molecule has 30 heavy (non-hydrogen) atoms. The van der Waals surface area contributed by atoms with Gasteiger partial charge < -0.3 is 9.80 Å². The van der Waals surface area contributed by atoms with Gasteiger partial charge in [0.15, 0.2) is 0 Å². The minimum atomic E-state index is -1.38. The van der Waals surface area contributed by atoms with Crippen molar-refractivity contribution in [3.8, 4) is 0 Å². The van der Waals surface area contributed by atoms with Crippen molar-refractivity contribution in [3.05, 3.63) is 34.9 Å². The Kier molecular flexibility index (Phi) is 8.53. The molecule has 3 rings (SSSR count). The second-order valence-electron chi connectivity index (χ2n) is 7.64. The molecule has 166 valence electrons. The Labute approximate surface area is 178 Å². The molecule has 3 amide bonds. The largest absolute Gasteiger partial charge is 0.322 e. The number of rotatable bonds is 7. The van der Waals surface area contributed by atoms with E-state index in [0.29, 0.717) is 43.2 Å². The van der Waals surface area contributed by atoms with E-state index in [1.54, 1.807) is 18.2 Å². The Bertz CT molecular complexity index is 760. The van der Waals surface area contributed by atoms with Gasteiger partial charge in [0.05, 0.1) is 0 Å². The zero-order valence-corrected chi connectivity index (χ0v) is 18.5. The van der Waals surface area contributed by atoms with Gasteiger partial charge in [-0.1, -0.05) is 46.2 Å². The molecule has 1 N–H and O–H groups in total. The lowest BCUT2D eigenvalue weighted by molar-refractivity contribution is -0.129. The Morgan fingerprint density at radius 1 is 1.27 bits per heavy atom. The monoisotopic (exact) mass is 419 g/mol. The summed E-state index contributed by atoms with van der Waals surface area (Å²) in [5, 5.41) is 2.16. The minimum absolute atomic E-state index is 0.241. The number of nitrogens with one attached hydrogen (secondary N) is 1. The van der Waals surface area contributed by atoms with Gasteiger partial charge in [0.25, 0.3) is 5.91 Å². The van der Waals surface area contributed by atoms with Crippen LogP contribution in [-0.4, -0.2) is 53.7 Å². The highest BCUT2D eigenvalue weighted by atomic mass is 19.1. The average Bonchev–Trinajstić information content (AvgIpc) is 3.09. The molecule has 0 bridgehead atoms. The van der Waals surface area contributed by atoms with Crippen LogP contribution < -0.4 is 5.32 Å². The SMILES string of the molecule is CC.CCCC(C(=O)NC=O)N1Cc2cc(C3(F)CCN(CC)CC3)ccc2C1=O. The molecule has 6 nitrogen and oxygen atoms in total. The number of nitrogens with zero attached hydrogens (tertiary/aromatic N) is 2. The summed E-state index contributed by atoms with van der Waals surface area (Å²) in [7, 11) is 0. The molecule has 1 saturated heterocycles. The number of carbonyl (C=O) groups is 3. The van der Waals surface area contributed by atoms with Crippen molar-refractivity contribution in [1.29, 1.82) is 0 Å². The number of benzene rings is 1. The summed E-state index contributed by atoms with van der Waals surface area (Å²) in [5.74, 6) is -0.720. The Hall–Kier alpha value is -2.28. The topological polar surface area (TPSA) is 69.7 Å². The summed E-state index contributed by atoms with van der Waals surface area (Å²) < 4.78 is 15.6. The molecule has 2 aliphatic heterocycles. The maximum absolute atomic E-state index is 15.6. The summed E-state index contributed by atoms with van der Waals surface area (Å²) in [6, 6.07) is 4.48. The lowest BCUT2D eigenvalue weighted by Crippen LogP contribution is -2.46. The van der Waals surface area contributed by atoms with Gasteiger partial charge in [-0.25, -0.2) is 4.39 Å². The molecular weight excluding hydrogens is 385 g/mol. The molecule has 2 aliphatic rings. The molecule has 7 heteroatoms. The van der Waals surface area contributed by atoms with E-state index in [-0.39, 0.29) is 12.5 Å². The number of likely N-dealkylation sites (tertiary alicyclic amines) is 1. The predicted octanol–water partition coefficient (Wildman–Crippen LogP) is 3.39. The summed E-state index contributed by atoms with van der Waals surface area (Å²) in [6.45, 7) is 10.6. The van der Waals surface area contributed by atoms with E-state index in [1.807, 2.05) is 20.8 Å². The zero-order valence-electron chi connectivity index (χ0n) is 18.5. The standard InChI is InChI=1S/C21H28FN3O3.C2H6/c1-3-5-18(19(27)23-14-26)25-13-15-12-16(6-7-17(15)20(25)28)21(22)8-10-24(4-2)11-9-21;1-2/h6-7,12,14,18H,3-5,8-11,13H2,1-2H3,(H,23,26,27);1-2H3. The lowest BCUT2D eigenvalue weighted by Gasteiger charge is -2.36. The molecule has 0 spiro atoms. The molecule has 1 fully saturated rings. The van der Waals surface area contributed by atoms with E-state index < -0.39 is 17.6 Å². The van der Waals surface area contributed by atoms with Crippen LogP contribution in [0.1, 0.15) is 74.9 Å². The summed E-state index contributed by atoms with van der Waals surface area (Å²) in [4.78, 5) is 39.4. The fraction of sp³-hybridized carbons (Fsp3) is 0.609. The quantitative estimate of drug-likeness (QED) is 0.688. The van der Waals surface area contributed by atoms with Gasteiger partial charge in [-0.15, -0.1) is 0 Å². The first-order valence-corrected chi connectivity index (χ1v) is 11.0. The van der Waals surface area contributed by atoms with Gasteiger partial charge in [0.2, 0.25) is 12.3 Å². The number of carbonyl (C=O) groups excluding carboxylic acids is 3. The second-order valence-corrected chi connectivity index (χ2v) is 7.64. The smallest absolute Gasteiger partial charge is 0.255 e. The van der Waals surface area contributed by atoms with Crippen LogP contribution in [0.15, 0.2) is 18.2 Å². The van der Waals surface area contributed by atoms with Crippen molar-refractivity contribution in [2.24, 2.45) is 0 Å². The van der Waals surface area contributed by atoms with Crippen molar-refractivity contribution in [2.75, 3.05) is 19.6 Å². The summed E-state index contributed by atoms with van der Waals surface area (Å²) in [6.07, 6.45) is 2.39. The molecule has 1 atom stereocenters. The van der Waals surface area contributed by atoms with Crippen molar-refractivity contribution >= 4 is 18.2 Å². The van der Waals surface area contributed by atoms with Crippen LogP contribution in [-0.2, 0) is 21.8 Å². The highest BCUT2D eigenvalue weighted by Crippen LogP contribution is 2.39. The summed E-state index contributed by atoms with van der Waals surface area (Å²) in [5.41, 5.74) is 0.492. The van der Waals surface area contributed by atoms with E-state index >= 15 is 4.39 Å². The second kappa shape index (κ2) is 10.7. The first kappa shape index (κ1) is 24.0. The summed E-state index contributed by atoms with van der Waals surface area (Å²) >= 11 is 0. The number of alkyl halides is 1. The van der Waals surface area contributed by atoms with Gasteiger partial charge in [-0.2, -0.15) is 0 Å². The van der Waals surface area contributed by atoms with Crippen molar-refractivity contribution < 1.29 is 18.8 Å². The third kappa shape index (κ3) is 4.89. The minimum Gasteiger partial charge on any atom is -0.322 e. The number of halogens is 1. The molecule has 2 heterocycles. The van der Waals surface area contributed by atoms with Gasteiger partial charge in [-0.3, -0.25) is 19.7 Å². The maximum Gasteiger partial charge on any atom is 0.255 e. The fourth-order valence-corrected chi connectivity index (χ4v) is 4.24. The van der Waals surface area contributed by atoms with Crippen LogP contribution in [0.5, 0.6) is 0 Å². The highest BCUT2D eigenvalue weighted by molar-refractivity contribution is 6.02. The van der Waals surface area contributed by atoms with Gasteiger partial charge >= 0.3 is 0 Å². The van der Waals surface area contributed by atoms with E-state index in [0.717, 1.165) is 25.2 Å². The van der Waals surface area contributed by atoms with Crippen LogP contribution in [0, 0.1) is 0 Å². The van der Waals surface area contributed by atoms with E-state index in [4.69, 9.17) is 0 Å². The molecule has 0 saturated carbocycles. The number of hydrogen-bond donors (Lipinski definition) is 1. The normalized spacial score (nSPS) is 18.8. The maximum atomic E-state index is 15.6. The van der Waals surface area contributed by atoms with Gasteiger partial charge in [0.1, 0.15) is 11.7 Å². The van der Waals surface area contributed by atoms with Crippen molar-refractivity contribution in [3.63, 3.8) is 0 Å². The number of amides is 3. The first-order chi connectivity index (χ1) is 14.4. The van der Waals surface area contributed by atoms with Gasteiger partial charge in [0, 0.05) is 25.2 Å². The average molecular weight is 420 g/mol. The number of fused-ring (bicyclic) bond motifs is 1. The van der Waals surface area contributed by atoms with Crippen LogP contribution in [0.3, 0.4) is 0 Å². The molecule has 1 aromatic carbocycles. The van der Waals surface area contributed by atoms with Crippen LogP contribution in [0.25, 0.3) is 0 Å². The highest BCUT2D eigenvalue weighted by Gasteiger charge is 2.39. The van der Waals surface area contributed by atoms with E-state index in [1.165, 1.54) is 4.90 Å². The zero-order chi connectivity index (χ0) is 22.3. The van der Waals surface area contributed by atoms with Crippen LogP contribution >= 0.6 is 0 Å². The van der Waals surface area contributed by atoms with Crippen LogP contribution in [0.2, 0.25) is 0 Å². The predicted molar refractivity (Wildman–Crippen MR) is 115 cm³/mol. The molecular formula is C23H34FN3O3.